The highest BCUT2D eigenvalue weighted by Gasteiger charge is 2.25. The zero-order valence-corrected chi connectivity index (χ0v) is 21.1. The van der Waals surface area contributed by atoms with Crippen molar-refractivity contribution in [3.63, 3.8) is 0 Å². The molecular formula is C27H34N6O3. The number of morpholine rings is 1. The maximum atomic E-state index is 13.2. The van der Waals surface area contributed by atoms with Crippen molar-refractivity contribution in [2.24, 2.45) is 7.05 Å². The number of aryl methyl sites for hydroxylation is 1. The number of benzene rings is 1. The van der Waals surface area contributed by atoms with E-state index in [1.807, 2.05) is 49.3 Å². The molecule has 2 aliphatic heterocycles. The highest BCUT2D eigenvalue weighted by molar-refractivity contribution is 5.94. The van der Waals surface area contributed by atoms with Gasteiger partial charge in [0.2, 0.25) is 0 Å². The molecule has 3 aromatic rings. The van der Waals surface area contributed by atoms with Gasteiger partial charge in [-0.05, 0) is 30.7 Å². The van der Waals surface area contributed by atoms with Gasteiger partial charge in [-0.1, -0.05) is 18.2 Å². The van der Waals surface area contributed by atoms with E-state index >= 15 is 0 Å². The lowest BCUT2D eigenvalue weighted by molar-refractivity contribution is 0.0297. The Hall–Kier alpha value is -3.43. The molecule has 190 valence electrons. The van der Waals surface area contributed by atoms with Crippen LogP contribution in [0.4, 0.5) is 5.82 Å². The topological polar surface area (TPSA) is 84.8 Å². The molecule has 1 amide bonds. The van der Waals surface area contributed by atoms with Gasteiger partial charge < -0.3 is 24.6 Å². The summed E-state index contributed by atoms with van der Waals surface area (Å²) in [6, 6.07) is 12.2. The van der Waals surface area contributed by atoms with Gasteiger partial charge in [-0.2, -0.15) is 5.10 Å². The average Bonchev–Trinajstić information content (AvgIpc) is 3.22. The summed E-state index contributed by atoms with van der Waals surface area (Å²) in [6.45, 7) is 8.61. The molecule has 0 radical (unpaired) electrons. The number of carbonyl (C=O) groups is 1. The van der Waals surface area contributed by atoms with Gasteiger partial charge in [0.15, 0.2) is 5.69 Å². The number of hydrogen-bond acceptors (Lipinski definition) is 7. The van der Waals surface area contributed by atoms with E-state index in [1.54, 1.807) is 4.68 Å². The third-order valence-corrected chi connectivity index (χ3v) is 6.95. The molecule has 2 aliphatic rings. The van der Waals surface area contributed by atoms with E-state index in [4.69, 9.17) is 9.47 Å². The second-order valence-electron chi connectivity index (χ2n) is 9.18. The second-order valence-corrected chi connectivity index (χ2v) is 9.18. The van der Waals surface area contributed by atoms with Crippen molar-refractivity contribution in [3.8, 4) is 16.9 Å². The Kier molecular flexibility index (Phi) is 7.48. The number of piperazine rings is 1. The first kappa shape index (κ1) is 24.3. The number of amides is 1. The monoisotopic (exact) mass is 490 g/mol. The fraction of sp³-hybridized carbons (Fsp3) is 0.444. The van der Waals surface area contributed by atoms with Crippen LogP contribution in [-0.2, 0) is 18.2 Å². The van der Waals surface area contributed by atoms with E-state index in [0.29, 0.717) is 45.0 Å². The van der Waals surface area contributed by atoms with Gasteiger partial charge in [0.05, 0.1) is 19.8 Å². The second kappa shape index (κ2) is 11.1. The molecule has 5 rings (SSSR count). The van der Waals surface area contributed by atoms with Gasteiger partial charge >= 0.3 is 0 Å². The van der Waals surface area contributed by atoms with Crippen molar-refractivity contribution in [2.45, 2.75) is 13.3 Å². The molecular weight excluding hydrogens is 456 g/mol. The smallest absolute Gasteiger partial charge is 0.274 e. The highest BCUT2D eigenvalue weighted by Crippen LogP contribution is 2.31. The Morgan fingerprint density at radius 3 is 2.69 bits per heavy atom. The lowest BCUT2D eigenvalue weighted by atomic mass is 10.1. The number of nitrogens with one attached hydrogen (secondary N) is 1. The van der Waals surface area contributed by atoms with Gasteiger partial charge in [0.1, 0.15) is 11.6 Å². The Labute approximate surface area is 212 Å². The molecule has 9 heteroatoms. The molecule has 0 atom stereocenters. The average molecular weight is 491 g/mol. The molecule has 0 bridgehead atoms. The van der Waals surface area contributed by atoms with Crippen molar-refractivity contribution < 1.29 is 14.3 Å². The van der Waals surface area contributed by atoms with Crippen molar-refractivity contribution in [3.05, 3.63) is 59.5 Å². The van der Waals surface area contributed by atoms with Crippen LogP contribution >= 0.6 is 0 Å². The van der Waals surface area contributed by atoms with E-state index in [0.717, 1.165) is 60.1 Å². The molecule has 2 fully saturated rings. The van der Waals surface area contributed by atoms with Gasteiger partial charge in [-0.3, -0.25) is 9.48 Å². The molecule has 1 N–H and O–H groups in total. The number of anilines is 1. The minimum atomic E-state index is -0.0328. The molecule has 1 aromatic carbocycles. The number of rotatable bonds is 7. The number of hydrogen-bond donors (Lipinski definition) is 1. The Morgan fingerprint density at radius 1 is 1.11 bits per heavy atom. The van der Waals surface area contributed by atoms with Crippen LogP contribution in [0.3, 0.4) is 0 Å². The molecule has 0 unspecified atom stereocenters. The summed E-state index contributed by atoms with van der Waals surface area (Å²) < 4.78 is 13.5. The standard InChI is InChI=1S/C27H34N6O3/c1-20-22(26(30-31(20)2)27(34)33-14-17-35-18-15-33)8-16-36-24-6-4-3-5-23(24)21-7-9-29-25(19-21)32-12-10-28-11-13-32/h3-7,9,19,28H,8,10-18H2,1-2H3. The van der Waals surface area contributed by atoms with Crippen molar-refractivity contribution in [2.75, 3.05) is 64.0 Å². The summed E-state index contributed by atoms with van der Waals surface area (Å²) in [6.07, 6.45) is 2.47. The molecule has 4 heterocycles. The lowest BCUT2D eigenvalue weighted by Gasteiger charge is -2.28. The highest BCUT2D eigenvalue weighted by atomic mass is 16.5. The fourth-order valence-electron chi connectivity index (χ4n) is 4.79. The molecule has 0 saturated carbocycles. The number of aromatic nitrogens is 3. The minimum Gasteiger partial charge on any atom is -0.493 e. The first-order chi connectivity index (χ1) is 17.6. The molecule has 0 aliphatic carbocycles. The minimum absolute atomic E-state index is 0.0328. The van der Waals surface area contributed by atoms with Gasteiger partial charge in [0.25, 0.3) is 5.91 Å². The van der Waals surface area contributed by atoms with E-state index in [1.165, 1.54) is 0 Å². The van der Waals surface area contributed by atoms with Crippen LogP contribution in [0.5, 0.6) is 5.75 Å². The molecule has 2 saturated heterocycles. The maximum Gasteiger partial charge on any atom is 0.274 e. The van der Waals surface area contributed by atoms with Crippen LogP contribution in [0.2, 0.25) is 0 Å². The van der Waals surface area contributed by atoms with Crippen molar-refractivity contribution in [1.29, 1.82) is 0 Å². The van der Waals surface area contributed by atoms with Crippen LogP contribution in [0.25, 0.3) is 11.1 Å². The Bertz CT molecular complexity index is 1200. The van der Waals surface area contributed by atoms with E-state index in [9.17, 15) is 4.79 Å². The first-order valence-electron chi connectivity index (χ1n) is 12.7. The maximum absolute atomic E-state index is 13.2. The number of pyridine rings is 1. The van der Waals surface area contributed by atoms with Gasteiger partial charge in [-0.15, -0.1) is 0 Å². The number of carbonyl (C=O) groups excluding carboxylic acids is 1. The van der Waals surface area contributed by atoms with Gasteiger partial charge in [-0.25, -0.2) is 4.98 Å². The molecule has 36 heavy (non-hydrogen) atoms. The van der Waals surface area contributed by atoms with E-state index < -0.39 is 0 Å². The molecule has 2 aromatic heterocycles. The molecule has 0 spiro atoms. The zero-order chi connectivity index (χ0) is 24.9. The summed E-state index contributed by atoms with van der Waals surface area (Å²) in [7, 11) is 1.88. The summed E-state index contributed by atoms with van der Waals surface area (Å²) in [5.74, 6) is 1.77. The summed E-state index contributed by atoms with van der Waals surface area (Å²) >= 11 is 0. The van der Waals surface area contributed by atoms with Crippen LogP contribution in [0.15, 0.2) is 42.6 Å². The van der Waals surface area contributed by atoms with Crippen LogP contribution in [0, 0.1) is 6.92 Å². The largest absolute Gasteiger partial charge is 0.493 e. The lowest BCUT2D eigenvalue weighted by Crippen LogP contribution is -2.43. The summed E-state index contributed by atoms with van der Waals surface area (Å²) in [5, 5.41) is 7.93. The number of ether oxygens (including phenoxy) is 2. The first-order valence-corrected chi connectivity index (χ1v) is 12.7. The third kappa shape index (κ3) is 5.22. The fourth-order valence-corrected chi connectivity index (χ4v) is 4.79. The number of para-hydroxylation sites is 1. The van der Waals surface area contributed by atoms with Crippen LogP contribution in [-0.4, -0.2) is 84.7 Å². The zero-order valence-electron chi connectivity index (χ0n) is 21.1. The van der Waals surface area contributed by atoms with Gasteiger partial charge in [0, 0.05) is 75.8 Å². The predicted molar refractivity (Wildman–Crippen MR) is 139 cm³/mol. The SMILES string of the molecule is Cc1c(CCOc2ccccc2-c2ccnc(N3CCNCC3)c2)c(C(=O)N2CCOCC2)nn1C. The Morgan fingerprint density at radius 2 is 1.89 bits per heavy atom. The van der Waals surface area contributed by atoms with Crippen LogP contribution < -0.4 is 15.0 Å². The third-order valence-electron chi connectivity index (χ3n) is 6.95. The van der Waals surface area contributed by atoms with E-state index in [-0.39, 0.29) is 5.91 Å². The van der Waals surface area contributed by atoms with E-state index in [2.05, 4.69) is 32.4 Å². The Balaban J connectivity index is 1.31. The summed E-state index contributed by atoms with van der Waals surface area (Å²) in [4.78, 5) is 21.9. The summed E-state index contributed by atoms with van der Waals surface area (Å²) in [5.41, 5.74) is 4.55. The number of nitrogens with zero attached hydrogens (tertiary/aromatic N) is 5. The quantitative estimate of drug-likeness (QED) is 0.544. The van der Waals surface area contributed by atoms with Crippen molar-refractivity contribution >= 4 is 11.7 Å². The predicted octanol–water partition coefficient (Wildman–Crippen LogP) is 2.29. The normalized spacial score (nSPS) is 16.3. The van der Waals surface area contributed by atoms with Crippen molar-refractivity contribution in [1.82, 2.24) is 25.0 Å². The molecule has 9 nitrogen and oxygen atoms in total. The van der Waals surface area contributed by atoms with Crippen LogP contribution in [0.1, 0.15) is 21.7 Å².